The van der Waals surface area contributed by atoms with Crippen molar-refractivity contribution in [2.75, 3.05) is 12.0 Å². The minimum Gasteiger partial charge on any atom is -0.346 e. The molecule has 2 aromatic heterocycles. The van der Waals surface area contributed by atoms with Crippen molar-refractivity contribution in [2.24, 2.45) is 0 Å². The van der Waals surface area contributed by atoms with Gasteiger partial charge in [0.25, 0.3) is 0 Å². The highest BCUT2D eigenvalue weighted by Gasteiger charge is 2.20. The Balaban J connectivity index is 1.57. The van der Waals surface area contributed by atoms with E-state index in [0.717, 1.165) is 40.0 Å². The van der Waals surface area contributed by atoms with E-state index < -0.39 is 0 Å². The van der Waals surface area contributed by atoms with Crippen LogP contribution in [0.5, 0.6) is 0 Å². The van der Waals surface area contributed by atoms with E-state index >= 15 is 0 Å². The van der Waals surface area contributed by atoms with Gasteiger partial charge in [-0.1, -0.05) is 48.5 Å². The van der Waals surface area contributed by atoms with E-state index in [1.807, 2.05) is 53.1 Å². The number of nitrogens with one attached hydrogen (secondary N) is 1. The molecule has 6 heteroatoms. The first-order valence-corrected chi connectivity index (χ1v) is 10.7. The first kappa shape index (κ1) is 18.5. The summed E-state index contributed by atoms with van der Waals surface area (Å²) in [6.45, 7) is 0. The van der Waals surface area contributed by atoms with Crippen molar-refractivity contribution < 1.29 is 4.79 Å². The first-order chi connectivity index (χ1) is 13.8. The molecule has 0 unspecified atom stereocenters. The Morgan fingerprint density at radius 3 is 2.79 bits per heavy atom. The predicted molar refractivity (Wildman–Crippen MR) is 115 cm³/mol. The number of amides is 1. The summed E-state index contributed by atoms with van der Waals surface area (Å²) in [7, 11) is 0. The summed E-state index contributed by atoms with van der Waals surface area (Å²) in [4.78, 5) is 12.9. The average molecular weight is 391 g/mol. The topological polar surface area (TPSA) is 59.3 Å². The largest absolute Gasteiger partial charge is 0.346 e. The number of hydrogen-bond acceptors (Lipinski definition) is 4. The summed E-state index contributed by atoms with van der Waals surface area (Å²) in [6, 6.07) is 19.9. The molecule has 5 nitrogen and oxygen atoms in total. The molecule has 0 aliphatic heterocycles. The molecule has 142 valence electrons. The number of aromatic nitrogens is 3. The van der Waals surface area contributed by atoms with Crippen molar-refractivity contribution in [1.29, 1.82) is 0 Å². The third kappa shape index (κ3) is 3.87. The number of fused-ring (bicyclic) bond motifs is 2. The summed E-state index contributed by atoms with van der Waals surface area (Å²) < 4.78 is 1.95. The number of benzene rings is 2. The second-order valence-electron chi connectivity index (χ2n) is 6.70. The second kappa shape index (κ2) is 8.44. The van der Waals surface area contributed by atoms with Crippen LogP contribution in [-0.2, 0) is 11.2 Å². The lowest BCUT2D eigenvalue weighted by Gasteiger charge is -2.17. The molecule has 1 N–H and O–H groups in total. The average Bonchev–Trinajstić information content (AvgIpc) is 3.15. The van der Waals surface area contributed by atoms with Crippen LogP contribution in [-0.4, -0.2) is 32.5 Å². The Morgan fingerprint density at radius 2 is 1.89 bits per heavy atom. The molecule has 1 atom stereocenters. The third-order valence-electron chi connectivity index (χ3n) is 4.83. The van der Waals surface area contributed by atoms with Gasteiger partial charge in [0.15, 0.2) is 11.5 Å². The molecule has 28 heavy (non-hydrogen) atoms. The van der Waals surface area contributed by atoms with E-state index in [2.05, 4.69) is 40.0 Å². The summed E-state index contributed by atoms with van der Waals surface area (Å²) in [5.41, 5.74) is 1.82. The number of nitrogens with zero attached hydrogens (tertiary/aromatic N) is 3. The highest BCUT2D eigenvalue weighted by Crippen LogP contribution is 2.21. The number of pyridine rings is 1. The molecule has 4 aromatic rings. The van der Waals surface area contributed by atoms with Gasteiger partial charge in [-0.15, -0.1) is 10.2 Å². The molecule has 0 bridgehead atoms. The lowest BCUT2D eigenvalue weighted by Crippen LogP contribution is -2.31. The number of carbonyl (C=O) groups is 1. The number of hydrogen-bond donors (Lipinski definition) is 1. The van der Waals surface area contributed by atoms with Crippen LogP contribution < -0.4 is 5.32 Å². The molecule has 0 radical (unpaired) electrons. The molecule has 2 heterocycles. The van der Waals surface area contributed by atoms with Crippen LogP contribution in [0.1, 0.15) is 23.9 Å². The van der Waals surface area contributed by atoms with Crippen molar-refractivity contribution in [2.45, 2.75) is 18.9 Å². The fourth-order valence-corrected chi connectivity index (χ4v) is 3.94. The summed E-state index contributed by atoms with van der Waals surface area (Å²) >= 11 is 1.76. The number of rotatable bonds is 7. The van der Waals surface area contributed by atoms with Gasteiger partial charge in [0.05, 0.1) is 12.5 Å². The van der Waals surface area contributed by atoms with Gasteiger partial charge < -0.3 is 5.32 Å². The van der Waals surface area contributed by atoms with Crippen molar-refractivity contribution in [3.63, 3.8) is 0 Å². The van der Waals surface area contributed by atoms with Crippen LogP contribution in [0.4, 0.5) is 0 Å². The monoisotopic (exact) mass is 390 g/mol. The summed E-state index contributed by atoms with van der Waals surface area (Å²) in [5, 5.41) is 14.0. The van der Waals surface area contributed by atoms with E-state index in [1.165, 1.54) is 0 Å². The molecule has 0 aliphatic carbocycles. The number of carbonyl (C=O) groups excluding carboxylic acids is 1. The molecule has 2 aromatic carbocycles. The first-order valence-electron chi connectivity index (χ1n) is 9.31. The molecule has 4 rings (SSSR count). The normalized spacial score (nSPS) is 12.3. The molecular formula is C22H22N4OS. The second-order valence-corrected chi connectivity index (χ2v) is 7.69. The Kier molecular flexibility index (Phi) is 5.58. The van der Waals surface area contributed by atoms with Crippen LogP contribution in [0.3, 0.4) is 0 Å². The SMILES string of the molecule is CSCC[C@@H](NC(=O)Cc1cccc2ccccc12)c1nnc2ccccn12. The fraction of sp³-hybridized carbons (Fsp3) is 0.227. The molecule has 0 saturated heterocycles. The lowest BCUT2D eigenvalue weighted by atomic mass is 10.0. The zero-order valence-corrected chi connectivity index (χ0v) is 16.5. The molecule has 0 aliphatic rings. The molecule has 0 saturated carbocycles. The minimum atomic E-state index is -0.174. The highest BCUT2D eigenvalue weighted by molar-refractivity contribution is 7.98. The quantitative estimate of drug-likeness (QED) is 0.517. The fourth-order valence-electron chi connectivity index (χ4n) is 3.46. The standard InChI is InChI=1S/C22H22N4OS/c1-28-14-12-19(22-25-24-20-11-4-5-13-26(20)22)23-21(27)15-17-9-6-8-16-7-2-3-10-18(16)17/h2-11,13,19H,12,14-15H2,1H3,(H,23,27)/t19-/m1/s1. The summed E-state index contributed by atoms with van der Waals surface area (Å²) in [6.07, 6.45) is 5.15. The smallest absolute Gasteiger partial charge is 0.225 e. The van der Waals surface area contributed by atoms with Gasteiger partial charge in [-0.2, -0.15) is 11.8 Å². The maximum Gasteiger partial charge on any atom is 0.225 e. The Hall–Kier alpha value is -2.86. The van der Waals surface area contributed by atoms with Crippen LogP contribution >= 0.6 is 11.8 Å². The van der Waals surface area contributed by atoms with E-state index in [1.54, 1.807) is 11.8 Å². The van der Waals surface area contributed by atoms with E-state index in [4.69, 9.17) is 0 Å². The van der Waals surface area contributed by atoms with Gasteiger partial charge in [0.1, 0.15) is 0 Å². The van der Waals surface area contributed by atoms with Crippen molar-refractivity contribution in [1.82, 2.24) is 19.9 Å². The van der Waals surface area contributed by atoms with Gasteiger partial charge in [-0.05, 0) is 46.9 Å². The van der Waals surface area contributed by atoms with E-state index in [9.17, 15) is 4.79 Å². The zero-order valence-electron chi connectivity index (χ0n) is 15.7. The summed E-state index contributed by atoms with van der Waals surface area (Å²) in [5.74, 6) is 1.70. The van der Waals surface area contributed by atoms with Gasteiger partial charge in [0, 0.05) is 6.20 Å². The molecule has 0 spiro atoms. The Morgan fingerprint density at radius 1 is 1.07 bits per heavy atom. The van der Waals surface area contributed by atoms with Gasteiger partial charge in [-0.3, -0.25) is 9.20 Å². The van der Waals surface area contributed by atoms with Crippen LogP contribution in [0, 0.1) is 0 Å². The maximum atomic E-state index is 12.9. The van der Waals surface area contributed by atoms with Crippen LogP contribution in [0.25, 0.3) is 16.4 Å². The van der Waals surface area contributed by atoms with Gasteiger partial charge in [-0.25, -0.2) is 0 Å². The van der Waals surface area contributed by atoms with E-state index in [0.29, 0.717) is 6.42 Å². The van der Waals surface area contributed by atoms with Gasteiger partial charge >= 0.3 is 0 Å². The van der Waals surface area contributed by atoms with Crippen LogP contribution in [0.2, 0.25) is 0 Å². The van der Waals surface area contributed by atoms with Crippen molar-refractivity contribution in [3.05, 3.63) is 78.2 Å². The maximum absolute atomic E-state index is 12.9. The van der Waals surface area contributed by atoms with Gasteiger partial charge in [0.2, 0.25) is 5.91 Å². The number of thioether (sulfide) groups is 1. The third-order valence-corrected chi connectivity index (χ3v) is 5.47. The molecule has 1 amide bonds. The highest BCUT2D eigenvalue weighted by atomic mass is 32.2. The lowest BCUT2D eigenvalue weighted by molar-refractivity contribution is -0.121. The van der Waals surface area contributed by atoms with Crippen molar-refractivity contribution >= 4 is 34.1 Å². The van der Waals surface area contributed by atoms with E-state index in [-0.39, 0.29) is 11.9 Å². The van der Waals surface area contributed by atoms with Crippen LogP contribution in [0.15, 0.2) is 66.9 Å². The van der Waals surface area contributed by atoms with Crippen molar-refractivity contribution in [3.8, 4) is 0 Å². The Labute approximate surface area is 168 Å². The minimum absolute atomic E-state index is 0.00450. The zero-order chi connectivity index (χ0) is 19.3. The Bertz CT molecular complexity index is 1100. The molecular weight excluding hydrogens is 368 g/mol. The predicted octanol–water partition coefficient (Wildman–Crippen LogP) is 4.04. The molecule has 0 fully saturated rings.